The van der Waals surface area contributed by atoms with Gasteiger partial charge in [0.05, 0.1) is 31.5 Å². The number of hydrogen-bond donors (Lipinski definition) is 1. The van der Waals surface area contributed by atoms with Crippen LogP contribution in [0.2, 0.25) is 0 Å². The summed E-state index contributed by atoms with van der Waals surface area (Å²) in [5, 5.41) is 12.1. The highest BCUT2D eigenvalue weighted by atomic mass is 16.5. The van der Waals surface area contributed by atoms with Gasteiger partial charge in [-0.15, -0.1) is 0 Å². The standard InChI is InChI=1S/C21H23N3O3/c1-14(21(25)23-18-7-5-4-6-16(18)12-22)24-9-8-15-10-19(26-2)20(27-3)11-17(15)13-24/h4-7,10-11,14H,8-9,13H2,1-3H3,(H,23,25)/t14-/m0/s1. The zero-order chi connectivity index (χ0) is 19.4. The third-order valence-corrected chi connectivity index (χ3v) is 4.98. The maximum Gasteiger partial charge on any atom is 0.241 e. The molecular formula is C21H23N3O3. The summed E-state index contributed by atoms with van der Waals surface area (Å²) in [7, 11) is 3.25. The fourth-order valence-electron chi connectivity index (χ4n) is 3.33. The fraction of sp³-hybridized carbons (Fsp3) is 0.333. The van der Waals surface area contributed by atoms with Crippen molar-refractivity contribution in [2.75, 3.05) is 26.1 Å². The first-order valence-electron chi connectivity index (χ1n) is 8.85. The molecule has 2 aromatic carbocycles. The molecule has 2 aromatic rings. The first-order valence-corrected chi connectivity index (χ1v) is 8.85. The lowest BCUT2D eigenvalue weighted by atomic mass is 9.97. The molecule has 1 aliphatic rings. The van der Waals surface area contributed by atoms with Gasteiger partial charge < -0.3 is 14.8 Å². The molecule has 1 aliphatic heterocycles. The Morgan fingerprint density at radius 2 is 1.85 bits per heavy atom. The molecule has 3 rings (SSSR count). The minimum atomic E-state index is -0.321. The molecule has 6 nitrogen and oxygen atoms in total. The Labute approximate surface area is 159 Å². The largest absolute Gasteiger partial charge is 0.493 e. The van der Waals surface area contributed by atoms with Crippen LogP contribution in [0.1, 0.15) is 23.6 Å². The van der Waals surface area contributed by atoms with Crippen LogP contribution in [0.25, 0.3) is 0 Å². The topological polar surface area (TPSA) is 74.6 Å². The normalized spacial score (nSPS) is 14.6. The molecule has 140 valence electrons. The van der Waals surface area contributed by atoms with Gasteiger partial charge >= 0.3 is 0 Å². The predicted octanol–water partition coefficient (Wildman–Crippen LogP) is 2.96. The number of carbonyl (C=O) groups is 1. The molecule has 1 heterocycles. The van der Waals surface area contributed by atoms with Gasteiger partial charge in [-0.1, -0.05) is 12.1 Å². The van der Waals surface area contributed by atoms with E-state index in [4.69, 9.17) is 9.47 Å². The van der Waals surface area contributed by atoms with Crippen LogP contribution in [0.3, 0.4) is 0 Å². The summed E-state index contributed by atoms with van der Waals surface area (Å²) in [6.45, 7) is 3.32. The number of fused-ring (bicyclic) bond motifs is 1. The number of ether oxygens (including phenoxy) is 2. The monoisotopic (exact) mass is 365 g/mol. The number of para-hydroxylation sites is 1. The number of carbonyl (C=O) groups excluding carboxylic acids is 1. The van der Waals surface area contributed by atoms with Gasteiger partial charge in [0.25, 0.3) is 0 Å². The number of nitrogens with one attached hydrogen (secondary N) is 1. The van der Waals surface area contributed by atoms with Crippen LogP contribution in [0.4, 0.5) is 5.69 Å². The summed E-state index contributed by atoms with van der Waals surface area (Å²) >= 11 is 0. The van der Waals surface area contributed by atoms with Crippen LogP contribution >= 0.6 is 0 Å². The van der Waals surface area contributed by atoms with Crippen molar-refractivity contribution in [3.8, 4) is 17.6 Å². The maximum absolute atomic E-state index is 12.7. The molecule has 6 heteroatoms. The summed E-state index contributed by atoms with van der Waals surface area (Å²) in [6.07, 6.45) is 0.835. The third-order valence-electron chi connectivity index (χ3n) is 4.98. The third kappa shape index (κ3) is 3.88. The van der Waals surface area contributed by atoms with Gasteiger partial charge in [-0.3, -0.25) is 9.69 Å². The second-order valence-electron chi connectivity index (χ2n) is 6.52. The molecule has 0 spiro atoms. The van der Waals surface area contributed by atoms with Gasteiger partial charge in [0.15, 0.2) is 11.5 Å². The van der Waals surface area contributed by atoms with Gasteiger partial charge in [0.2, 0.25) is 5.91 Å². The van der Waals surface area contributed by atoms with E-state index in [0.29, 0.717) is 23.5 Å². The van der Waals surface area contributed by atoms with E-state index >= 15 is 0 Å². The Hall–Kier alpha value is -3.04. The molecule has 0 fully saturated rings. The van der Waals surface area contributed by atoms with E-state index in [2.05, 4.69) is 16.3 Å². The van der Waals surface area contributed by atoms with Crippen molar-refractivity contribution in [1.29, 1.82) is 5.26 Å². The number of nitriles is 1. The minimum Gasteiger partial charge on any atom is -0.493 e. The molecule has 0 saturated carbocycles. The summed E-state index contributed by atoms with van der Waals surface area (Å²) in [6, 6.07) is 12.8. The summed E-state index contributed by atoms with van der Waals surface area (Å²) in [5.74, 6) is 1.29. The summed E-state index contributed by atoms with van der Waals surface area (Å²) in [5.41, 5.74) is 3.35. The molecule has 0 aliphatic carbocycles. The van der Waals surface area contributed by atoms with Gasteiger partial charge in [-0.05, 0) is 48.7 Å². The van der Waals surface area contributed by atoms with E-state index in [-0.39, 0.29) is 11.9 Å². The van der Waals surface area contributed by atoms with Crippen LogP contribution in [-0.4, -0.2) is 37.6 Å². The number of methoxy groups -OCH3 is 2. The second-order valence-corrected chi connectivity index (χ2v) is 6.52. The lowest BCUT2D eigenvalue weighted by Gasteiger charge is -2.33. The molecular weight excluding hydrogens is 342 g/mol. The molecule has 0 saturated heterocycles. The summed E-state index contributed by atoms with van der Waals surface area (Å²) < 4.78 is 10.8. The SMILES string of the molecule is COc1cc2c(cc1OC)CN([C@@H](C)C(=O)Nc1ccccc1C#N)CC2. The lowest BCUT2D eigenvalue weighted by molar-refractivity contribution is -0.121. The zero-order valence-electron chi connectivity index (χ0n) is 15.8. The van der Waals surface area contributed by atoms with Crippen LogP contribution < -0.4 is 14.8 Å². The second kappa shape index (κ2) is 8.11. The highest BCUT2D eigenvalue weighted by molar-refractivity contribution is 5.95. The Morgan fingerprint density at radius 1 is 1.19 bits per heavy atom. The van der Waals surface area contributed by atoms with Crippen LogP contribution in [0, 0.1) is 11.3 Å². The molecule has 0 radical (unpaired) electrons. The van der Waals surface area contributed by atoms with E-state index in [1.807, 2.05) is 19.1 Å². The number of benzene rings is 2. The van der Waals surface area contributed by atoms with E-state index < -0.39 is 0 Å². The zero-order valence-corrected chi connectivity index (χ0v) is 15.8. The highest BCUT2D eigenvalue weighted by Crippen LogP contribution is 2.33. The van der Waals surface area contributed by atoms with E-state index in [0.717, 1.165) is 24.3 Å². The lowest BCUT2D eigenvalue weighted by Crippen LogP contribution is -2.44. The molecule has 1 amide bonds. The quantitative estimate of drug-likeness (QED) is 0.882. The minimum absolute atomic E-state index is 0.123. The van der Waals surface area contributed by atoms with Gasteiger partial charge in [0.1, 0.15) is 6.07 Å². The number of rotatable bonds is 5. The van der Waals surface area contributed by atoms with Crippen molar-refractivity contribution < 1.29 is 14.3 Å². The van der Waals surface area contributed by atoms with Crippen LogP contribution in [0.5, 0.6) is 11.5 Å². The molecule has 1 N–H and O–H groups in total. The highest BCUT2D eigenvalue weighted by Gasteiger charge is 2.27. The number of anilines is 1. The average Bonchev–Trinajstić information content (AvgIpc) is 2.71. The summed E-state index contributed by atoms with van der Waals surface area (Å²) in [4.78, 5) is 14.8. The Morgan fingerprint density at radius 3 is 2.52 bits per heavy atom. The molecule has 0 unspecified atom stereocenters. The van der Waals surface area contributed by atoms with Gasteiger partial charge in [-0.25, -0.2) is 0 Å². The molecule has 27 heavy (non-hydrogen) atoms. The van der Waals surface area contributed by atoms with Crippen molar-refractivity contribution in [1.82, 2.24) is 4.90 Å². The smallest absolute Gasteiger partial charge is 0.241 e. The number of hydrogen-bond acceptors (Lipinski definition) is 5. The molecule has 1 atom stereocenters. The van der Waals surface area contributed by atoms with Crippen LogP contribution in [-0.2, 0) is 17.8 Å². The van der Waals surface area contributed by atoms with E-state index in [9.17, 15) is 10.1 Å². The average molecular weight is 365 g/mol. The fourth-order valence-corrected chi connectivity index (χ4v) is 3.33. The van der Waals surface area contributed by atoms with Crippen molar-refractivity contribution in [2.45, 2.75) is 25.9 Å². The first-order chi connectivity index (χ1) is 13.1. The predicted molar refractivity (Wildman–Crippen MR) is 103 cm³/mol. The molecule has 0 bridgehead atoms. The first kappa shape index (κ1) is 18.7. The number of amides is 1. The van der Waals surface area contributed by atoms with Gasteiger partial charge in [0, 0.05) is 13.1 Å². The van der Waals surface area contributed by atoms with Crippen LogP contribution in [0.15, 0.2) is 36.4 Å². The van der Waals surface area contributed by atoms with Gasteiger partial charge in [-0.2, -0.15) is 5.26 Å². The van der Waals surface area contributed by atoms with Crippen molar-refractivity contribution in [3.05, 3.63) is 53.1 Å². The Bertz CT molecular complexity index is 889. The Kier molecular flexibility index (Phi) is 5.63. The Balaban J connectivity index is 1.74. The van der Waals surface area contributed by atoms with Crippen molar-refractivity contribution in [3.63, 3.8) is 0 Å². The maximum atomic E-state index is 12.7. The van der Waals surface area contributed by atoms with Crippen molar-refractivity contribution in [2.24, 2.45) is 0 Å². The van der Waals surface area contributed by atoms with Crippen molar-refractivity contribution >= 4 is 11.6 Å². The van der Waals surface area contributed by atoms with E-state index in [1.54, 1.807) is 38.5 Å². The van der Waals surface area contributed by atoms with E-state index in [1.165, 1.54) is 5.56 Å². The number of nitrogens with zero attached hydrogens (tertiary/aromatic N) is 2. The molecule has 0 aromatic heterocycles.